The lowest BCUT2D eigenvalue weighted by atomic mass is 10.3. The SMILES string of the molecule is COCc1cc(NN)nc(Nc2cccc(F)c2)n1. The Balaban J connectivity index is 2.26. The van der Waals surface area contributed by atoms with E-state index in [0.29, 0.717) is 29.8 Å². The van der Waals surface area contributed by atoms with Crippen LogP contribution >= 0.6 is 0 Å². The largest absolute Gasteiger partial charge is 0.378 e. The third-order valence-electron chi connectivity index (χ3n) is 2.30. The molecule has 0 amide bonds. The van der Waals surface area contributed by atoms with Gasteiger partial charge in [-0.2, -0.15) is 4.98 Å². The topological polar surface area (TPSA) is 85.1 Å². The predicted molar refractivity (Wildman–Crippen MR) is 70.2 cm³/mol. The number of benzene rings is 1. The molecule has 2 aromatic rings. The summed E-state index contributed by atoms with van der Waals surface area (Å²) in [6.07, 6.45) is 0. The molecular formula is C12H14FN5O. The summed E-state index contributed by atoms with van der Waals surface area (Å²) in [5, 5.41) is 2.90. The van der Waals surface area contributed by atoms with Gasteiger partial charge in [0.1, 0.15) is 11.6 Å². The van der Waals surface area contributed by atoms with E-state index in [2.05, 4.69) is 20.7 Å². The van der Waals surface area contributed by atoms with E-state index in [-0.39, 0.29) is 5.82 Å². The van der Waals surface area contributed by atoms with Gasteiger partial charge in [-0.05, 0) is 18.2 Å². The zero-order chi connectivity index (χ0) is 13.7. The lowest BCUT2D eigenvalue weighted by molar-refractivity contribution is 0.181. The van der Waals surface area contributed by atoms with Crippen molar-refractivity contribution in [2.45, 2.75) is 6.61 Å². The molecule has 0 saturated heterocycles. The average Bonchev–Trinajstić information content (AvgIpc) is 2.39. The zero-order valence-corrected chi connectivity index (χ0v) is 10.4. The van der Waals surface area contributed by atoms with E-state index in [4.69, 9.17) is 10.6 Å². The Morgan fingerprint density at radius 1 is 1.32 bits per heavy atom. The molecule has 0 fully saturated rings. The Kier molecular flexibility index (Phi) is 4.22. The second-order valence-corrected chi connectivity index (χ2v) is 3.78. The van der Waals surface area contributed by atoms with Crippen molar-refractivity contribution in [1.29, 1.82) is 0 Å². The van der Waals surface area contributed by atoms with Gasteiger partial charge in [0.2, 0.25) is 5.95 Å². The molecule has 0 unspecified atom stereocenters. The van der Waals surface area contributed by atoms with Crippen LogP contribution in [0.25, 0.3) is 0 Å². The molecule has 0 saturated carbocycles. The van der Waals surface area contributed by atoms with Gasteiger partial charge in [-0.15, -0.1) is 0 Å². The fraction of sp³-hybridized carbons (Fsp3) is 0.167. The first-order valence-corrected chi connectivity index (χ1v) is 5.57. The molecule has 0 aliphatic carbocycles. The summed E-state index contributed by atoms with van der Waals surface area (Å²) in [4.78, 5) is 8.35. The summed E-state index contributed by atoms with van der Waals surface area (Å²) >= 11 is 0. The number of rotatable bonds is 5. The number of hydrogen-bond acceptors (Lipinski definition) is 6. The molecule has 100 valence electrons. The van der Waals surface area contributed by atoms with Crippen LogP contribution in [0.1, 0.15) is 5.69 Å². The Bertz CT molecular complexity index is 564. The normalized spacial score (nSPS) is 10.3. The molecule has 7 heteroatoms. The Labute approximate surface area is 109 Å². The summed E-state index contributed by atoms with van der Waals surface area (Å²) in [6, 6.07) is 7.69. The predicted octanol–water partition coefficient (Wildman–Crippen LogP) is 1.79. The lowest BCUT2D eigenvalue weighted by Gasteiger charge is -2.09. The number of methoxy groups -OCH3 is 1. The summed E-state index contributed by atoms with van der Waals surface area (Å²) in [5.74, 6) is 5.75. The highest BCUT2D eigenvalue weighted by Crippen LogP contribution is 2.16. The molecule has 1 aromatic heterocycles. The van der Waals surface area contributed by atoms with Crippen LogP contribution in [0.4, 0.5) is 21.8 Å². The number of halogens is 1. The first-order chi connectivity index (χ1) is 9.21. The monoisotopic (exact) mass is 263 g/mol. The standard InChI is InChI=1S/C12H14FN5O/c1-19-7-10-6-11(18-14)17-12(16-10)15-9-4-2-3-8(13)5-9/h2-6H,7,14H2,1H3,(H2,15,16,17,18). The van der Waals surface area contributed by atoms with Crippen molar-refractivity contribution >= 4 is 17.5 Å². The molecule has 2 rings (SSSR count). The summed E-state index contributed by atoms with van der Waals surface area (Å²) in [6.45, 7) is 0.328. The van der Waals surface area contributed by atoms with E-state index in [1.165, 1.54) is 12.1 Å². The molecule has 0 radical (unpaired) electrons. The summed E-state index contributed by atoms with van der Waals surface area (Å²) < 4.78 is 18.1. The molecule has 1 aromatic carbocycles. The van der Waals surface area contributed by atoms with Gasteiger partial charge in [0.25, 0.3) is 0 Å². The quantitative estimate of drug-likeness (QED) is 0.563. The molecule has 19 heavy (non-hydrogen) atoms. The minimum absolute atomic E-state index is 0.313. The molecule has 0 aliphatic heterocycles. The van der Waals surface area contributed by atoms with E-state index >= 15 is 0 Å². The van der Waals surface area contributed by atoms with Gasteiger partial charge in [0.15, 0.2) is 0 Å². The van der Waals surface area contributed by atoms with Crippen LogP contribution in [0.3, 0.4) is 0 Å². The summed E-state index contributed by atoms with van der Waals surface area (Å²) in [7, 11) is 1.57. The average molecular weight is 263 g/mol. The van der Waals surface area contributed by atoms with Crippen LogP contribution in [0.2, 0.25) is 0 Å². The van der Waals surface area contributed by atoms with Gasteiger partial charge in [-0.25, -0.2) is 15.2 Å². The molecule has 0 spiro atoms. The fourth-order valence-electron chi connectivity index (χ4n) is 1.54. The zero-order valence-electron chi connectivity index (χ0n) is 10.4. The van der Waals surface area contributed by atoms with Crippen molar-refractivity contribution in [3.05, 3.63) is 41.8 Å². The first-order valence-electron chi connectivity index (χ1n) is 5.57. The third kappa shape index (κ3) is 3.60. The minimum Gasteiger partial charge on any atom is -0.378 e. The number of hydrazine groups is 1. The van der Waals surface area contributed by atoms with Crippen LogP contribution < -0.4 is 16.6 Å². The highest BCUT2D eigenvalue weighted by Gasteiger charge is 2.05. The Hall–Kier alpha value is -2.25. The van der Waals surface area contributed by atoms with E-state index < -0.39 is 0 Å². The maximum absolute atomic E-state index is 13.1. The van der Waals surface area contributed by atoms with Crippen molar-refractivity contribution in [1.82, 2.24) is 9.97 Å². The van der Waals surface area contributed by atoms with Gasteiger partial charge in [-0.1, -0.05) is 6.07 Å². The highest BCUT2D eigenvalue weighted by atomic mass is 19.1. The number of hydrogen-bond donors (Lipinski definition) is 3. The molecule has 0 aliphatic rings. The van der Waals surface area contributed by atoms with Gasteiger partial charge in [0.05, 0.1) is 12.3 Å². The van der Waals surface area contributed by atoms with Gasteiger partial charge in [0, 0.05) is 18.9 Å². The number of nitrogens with one attached hydrogen (secondary N) is 2. The third-order valence-corrected chi connectivity index (χ3v) is 2.30. The van der Waals surface area contributed by atoms with Crippen molar-refractivity contribution in [2.24, 2.45) is 5.84 Å². The molecule has 1 heterocycles. The van der Waals surface area contributed by atoms with Crippen LogP contribution in [0.15, 0.2) is 30.3 Å². The number of aromatic nitrogens is 2. The van der Waals surface area contributed by atoms with Crippen LogP contribution in [0, 0.1) is 5.82 Å². The lowest BCUT2D eigenvalue weighted by Crippen LogP contribution is -2.11. The number of ether oxygens (including phenoxy) is 1. The van der Waals surface area contributed by atoms with Gasteiger partial charge in [-0.3, -0.25) is 0 Å². The Morgan fingerprint density at radius 3 is 2.84 bits per heavy atom. The van der Waals surface area contributed by atoms with Crippen molar-refractivity contribution in [3.63, 3.8) is 0 Å². The van der Waals surface area contributed by atoms with Gasteiger partial charge >= 0.3 is 0 Å². The van der Waals surface area contributed by atoms with Crippen molar-refractivity contribution in [3.8, 4) is 0 Å². The van der Waals surface area contributed by atoms with E-state index in [9.17, 15) is 4.39 Å². The van der Waals surface area contributed by atoms with E-state index in [1.54, 1.807) is 25.3 Å². The number of anilines is 3. The van der Waals surface area contributed by atoms with Crippen molar-refractivity contribution in [2.75, 3.05) is 17.9 Å². The molecule has 6 nitrogen and oxygen atoms in total. The second kappa shape index (κ2) is 6.07. The fourth-order valence-corrected chi connectivity index (χ4v) is 1.54. The van der Waals surface area contributed by atoms with Crippen molar-refractivity contribution < 1.29 is 9.13 Å². The second-order valence-electron chi connectivity index (χ2n) is 3.78. The van der Waals surface area contributed by atoms with Gasteiger partial charge < -0.3 is 15.5 Å². The van der Waals surface area contributed by atoms with Crippen LogP contribution in [0.5, 0.6) is 0 Å². The number of nitrogens with zero attached hydrogens (tertiary/aromatic N) is 2. The maximum atomic E-state index is 13.1. The minimum atomic E-state index is -0.338. The first kappa shape index (κ1) is 13.2. The number of nitrogen functional groups attached to an aromatic ring is 1. The smallest absolute Gasteiger partial charge is 0.229 e. The van der Waals surface area contributed by atoms with E-state index in [1.807, 2.05) is 0 Å². The summed E-state index contributed by atoms with van der Waals surface area (Å²) in [5.41, 5.74) is 3.65. The maximum Gasteiger partial charge on any atom is 0.229 e. The molecular weight excluding hydrogens is 249 g/mol. The highest BCUT2D eigenvalue weighted by molar-refractivity contribution is 5.55. The Morgan fingerprint density at radius 2 is 2.16 bits per heavy atom. The molecule has 4 N–H and O–H groups in total. The number of nitrogens with two attached hydrogens (primary N) is 1. The molecule has 0 atom stereocenters. The van der Waals surface area contributed by atoms with Crippen LogP contribution in [-0.4, -0.2) is 17.1 Å². The van der Waals surface area contributed by atoms with Crippen LogP contribution in [-0.2, 0) is 11.3 Å². The molecule has 0 bridgehead atoms. The van der Waals surface area contributed by atoms with E-state index in [0.717, 1.165) is 0 Å².